The van der Waals surface area contributed by atoms with Crippen LogP contribution in [0.4, 0.5) is 10.3 Å². The Morgan fingerprint density at radius 3 is 2.76 bits per heavy atom. The van der Waals surface area contributed by atoms with Crippen LogP contribution in [0.1, 0.15) is 18.2 Å². The monoisotopic (exact) mass is 454 g/mol. The molecule has 29 heavy (non-hydrogen) atoms. The summed E-state index contributed by atoms with van der Waals surface area (Å²) < 4.78 is 15.7. The minimum absolute atomic E-state index is 0.176. The first-order valence-corrected chi connectivity index (χ1v) is 9.68. The van der Waals surface area contributed by atoms with Gasteiger partial charge in [0.15, 0.2) is 5.82 Å². The first-order chi connectivity index (χ1) is 14.0. The maximum Gasteiger partial charge on any atom is 0.268 e. The molecule has 0 spiro atoms. The van der Waals surface area contributed by atoms with Crippen molar-refractivity contribution in [1.82, 2.24) is 24.7 Å². The molecule has 0 radical (unpaired) electrons. The summed E-state index contributed by atoms with van der Waals surface area (Å²) in [6.45, 7) is 4.50. The molecule has 3 aromatic heterocycles. The number of fused-ring (bicyclic) bond motifs is 1. The molecule has 4 rings (SSSR count). The Hall–Kier alpha value is -3.20. The second-order valence-electron chi connectivity index (χ2n) is 6.38. The van der Waals surface area contributed by atoms with Gasteiger partial charge in [0.05, 0.1) is 16.6 Å². The van der Waals surface area contributed by atoms with Crippen molar-refractivity contribution in [3.63, 3.8) is 0 Å². The summed E-state index contributed by atoms with van der Waals surface area (Å²) >= 11 is 3.44. The summed E-state index contributed by atoms with van der Waals surface area (Å²) in [6, 6.07) is 7.67. The number of hydrogen-bond donors (Lipinski definition) is 1. The van der Waals surface area contributed by atoms with Crippen LogP contribution >= 0.6 is 15.9 Å². The molecule has 3 heterocycles. The van der Waals surface area contributed by atoms with Gasteiger partial charge in [-0.1, -0.05) is 12.1 Å². The molecule has 0 aliphatic rings. The summed E-state index contributed by atoms with van der Waals surface area (Å²) in [5, 5.41) is 7.32. The molecular weight excluding hydrogens is 439 g/mol. The third-order valence-corrected chi connectivity index (χ3v) is 5.25. The summed E-state index contributed by atoms with van der Waals surface area (Å²) in [6.07, 6.45) is 3.25. The number of benzene rings is 1. The summed E-state index contributed by atoms with van der Waals surface area (Å²) in [5.74, 6) is 0.180. The first kappa shape index (κ1) is 19.1. The van der Waals surface area contributed by atoms with Gasteiger partial charge in [-0.3, -0.25) is 9.89 Å². The standard InChI is InChI=1S/C20H16BrFN6O/c1-3-28-10-15(17(29)14-8-16(21)11(2)24-19(14)28)18-25-20(27-26-18)23-9-12-4-6-13(22)7-5-12/h4-10H,3H2,1-2H3,(H,25,26,27). The number of hydrogen-bond acceptors (Lipinski definition) is 5. The van der Waals surface area contributed by atoms with Crippen LogP contribution in [0.15, 0.2) is 50.8 Å². The quantitative estimate of drug-likeness (QED) is 0.468. The van der Waals surface area contributed by atoms with Crippen LogP contribution in [0.3, 0.4) is 0 Å². The van der Waals surface area contributed by atoms with Crippen molar-refractivity contribution in [2.24, 2.45) is 4.99 Å². The van der Waals surface area contributed by atoms with Crippen LogP contribution in [-0.4, -0.2) is 30.9 Å². The molecule has 1 N–H and O–H groups in total. The number of aryl methyl sites for hydroxylation is 2. The fraction of sp³-hybridized carbons (Fsp3) is 0.150. The lowest BCUT2D eigenvalue weighted by molar-refractivity contribution is 0.628. The van der Waals surface area contributed by atoms with E-state index < -0.39 is 0 Å². The smallest absolute Gasteiger partial charge is 0.268 e. The molecule has 0 bridgehead atoms. The van der Waals surface area contributed by atoms with Gasteiger partial charge in [0, 0.05) is 23.4 Å². The van der Waals surface area contributed by atoms with Crippen molar-refractivity contribution < 1.29 is 4.39 Å². The first-order valence-electron chi connectivity index (χ1n) is 8.89. The highest BCUT2D eigenvalue weighted by Crippen LogP contribution is 2.22. The minimum Gasteiger partial charge on any atom is -0.332 e. The lowest BCUT2D eigenvalue weighted by Gasteiger charge is -2.11. The third-order valence-electron chi connectivity index (χ3n) is 4.45. The molecule has 0 unspecified atom stereocenters. The van der Waals surface area contributed by atoms with Gasteiger partial charge in [0.1, 0.15) is 11.5 Å². The van der Waals surface area contributed by atoms with Crippen molar-refractivity contribution in [3.8, 4) is 11.4 Å². The van der Waals surface area contributed by atoms with E-state index >= 15 is 0 Å². The predicted molar refractivity (Wildman–Crippen MR) is 113 cm³/mol. The van der Waals surface area contributed by atoms with Crippen molar-refractivity contribution in [2.45, 2.75) is 20.4 Å². The highest BCUT2D eigenvalue weighted by Gasteiger charge is 2.16. The number of H-pyrrole nitrogens is 1. The Morgan fingerprint density at radius 2 is 2.03 bits per heavy atom. The van der Waals surface area contributed by atoms with Crippen molar-refractivity contribution in [2.75, 3.05) is 0 Å². The van der Waals surface area contributed by atoms with Gasteiger partial charge in [0.25, 0.3) is 5.95 Å². The number of aliphatic imine (C=N–C) groups is 1. The van der Waals surface area contributed by atoms with Gasteiger partial charge in [0.2, 0.25) is 5.43 Å². The Labute approximate surface area is 173 Å². The highest BCUT2D eigenvalue weighted by atomic mass is 79.9. The van der Waals surface area contributed by atoms with Crippen LogP contribution in [0.25, 0.3) is 22.4 Å². The Morgan fingerprint density at radius 1 is 1.28 bits per heavy atom. The van der Waals surface area contributed by atoms with Crippen LogP contribution in [-0.2, 0) is 6.54 Å². The van der Waals surface area contributed by atoms with Crippen LogP contribution in [0.5, 0.6) is 0 Å². The molecule has 7 nitrogen and oxygen atoms in total. The Bertz CT molecular complexity index is 1290. The van der Waals surface area contributed by atoms with Gasteiger partial charge in [-0.05, 0) is 53.5 Å². The highest BCUT2D eigenvalue weighted by molar-refractivity contribution is 9.10. The molecule has 9 heteroatoms. The number of aromatic amines is 1. The van der Waals surface area contributed by atoms with E-state index in [4.69, 9.17) is 0 Å². The van der Waals surface area contributed by atoms with Crippen LogP contribution in [0, 0.1) is 12.7 Å². The lowest BCUT2D eigenvalue weighted by atomic mass is 10.1. The summed E-state index contributed by atoms with van der Waals surface area (Å²) in [7, 11) is 0. The largest absolute Gasteiger partial charge is 0.332 e. The van der Waals surface area contributed by atoms with E-state index in [9.17, 15) is 9.18 Å². The van der Waals surface area contributed by atoms with Crippen molar-refractivity contribution in [1.29, 1.82) is 0 Å². The summed E-state index contributed by atoms with van der Waals surface area (Å²) in [5.41, 5.74) is 2.33. The van der Waals surface area contributed by atoms with E-state index in [1.807, 2.05) is 18.4 Å². The van der Waals surface area contributed by atoms with Gasteiger partial charge < -0.3 is 4.57 Å². The van der Waals surface area contributed by atoms with Gasteiger partial charge >= 0.3 is 0 Å². The van der Waals surface area contributed by atoms with Gasteiger partial charge in [-0.15, -0.1) is 5.10 Å². The van der Waals surface area contributed by atoms with Gasteiger partial charge in [-0.25, -0.2) is 14.4 Å². The normalized spacial score (nSPS) is 11.6. The number of halogens is 2. The van der Waals surface area contributed by atoms with E-state index in [1.54, 1.807) is 24.4 Å². The molecule has 0 aliphatic carbocycles. The topological polar surface area (TPSA) is 88.8 Å². The number of nitrogens with one attached hydrogen (secondary N) is 1. The van der Waals surface area contributed by atoms with Crippen LogP contribution < -0.4 is 5.43 Å². The molecule has 0 saturated carbocycles. The third kappa shape index (κ3) is 3.73. The van der Waals surface area contributed by atoms with E-state index in [0.29, 0.717) is 34.5 Å². The van der Waals surface area contributed by atoms with Gasteiger partial charge in [-0.2, -0.15) is 4.98 Å². The average molecular weight is 455 g/mol. The molecule has 146 valence electrons. The zero-order valence-corrected chi connectivity index (χ0v) is 17.2. The van der Waals surface area contributed by atoms with E-state index in [2.05, 4.69) is 41.1 Å². The lowest BCUT2D eigenvalue weighted by Crippen LogP contribution is -2.14. The fourth-order valence-electron chi connectivity index (χ4n) is 2.90. The zero-order valence-electron chi connectivity index (χ0n) is 15.6. The maximum atomic E-state index is 13.0. The number of pyridine rings is 2. The Balaban J connectivity index is 1.75. The predicted octanol–water partition coefficient (Wildman–Crippen LogP) is 4.16. The summed E-state index contributed by atoms with van der Waals surface area (Å²) in [4.78, 5) is 26.1. The molecule has 0 atom stereocenters. The van der Waals surface area contributed by atoms with E-state index in [-0.39, 0.29) is 17.2 Å². The average Bonchev–Trinajstić information content (AvgIpc) is 3.18. The molecule has 4 aromatic rings. The number of rotatable bonds is 4. The SMILES string of the molecule is CCn1cc(-c2nc(N=Cc3ccc(F)cc3)n[nH]2)c(=O)c2cc(Br)c(C)nc21. The molecule has 0 aliphatic heterocycles. The van der Waals surface area contributed by atoms with E-state index in [1.165, 1.54) is 18.3 Å². The Kier molecular flexibility index (Phi) is 5.06. The minimum atomic E-state index is -0.317. The van der Waals surface area contributed by atoms with E-state index in [0.717, 1.165) is 10.2 Å². The maximum absolute atomic E-state index is 13.0. The molecule has 1 aromatic carbocycles. The van der Waals surface area contributed by atoms with Crippen LogP contribution in [0.2, 0.25) is 0 Å². The van der Waals surface area contributed by atoms with Crippen molar-refractivity contribution >= 4 is 39.1 Å². The molecule has 0 amide bonds. The fourth-order valence-corrected chi connectivity index (χ4v) is 3.21. The number of aromatic nitrogens is 5. The zero-order chi connectivity index (χ0) is 20.5. The van der Waals surface area contributed by atoms with Crippen molar-refractivity contribution in [3.05, 3.63) is 68.3 Å². The molecule has 0 fully saturated rings. The second kappa shape index (κ2) is 7.67. The molecular formula is C20H16BrFN6O. The molecule has 0 saturated heterocycles. The second-order valence-corrected chi connectivity index (χ2v) is 7.23. The number of nitrogens with zero attached hydrogens (tertiary/aromatic N) is 5.